The van der Waals surface area contributed by atoms with E-state index >= 15 is 0 Å². The Balaban J connectivity index is 1.86. The minimum Gasteiger partial charge on any atom is -0.507 e. The smallest absolute Gasteiger partial charge is 0.175 e. The Kier molecular flexibility index (Phi) is 4.17. The Hall–Kier alpha value is -2.59. The molecule has 3 N–H and O–H groups in total. The summed E-state index contributed by atoms with van der Waals surface area (Å²) in [5.74, 6) is 0.263. The molecule has 0 atom stereocenters. The molecule has 0 saturated heterocycles. The number of aryl methyl sites for hydroxylation is 2. The van der Waals surface area contributed by atoms with E-state index in [0.717, 1.165) is 27.7 Å². The topological polar surface area (TPSA) is 44.3 Å². The predicted molar refractivity (Wildman–Crippen MR) is 101 cm³/mol. The molecule has 0 aliphatic rings. The Labute approximate surface area is 141 Å². The van der Waals surface area contributed by atoms with E-state index in [1.165, 1.54) is 5.56 Å². The van der Waals surface area contributed by atoms with Crippen LogP contribution in [0.5, 0.6) is 5.75 Å². The van der Waals surface area contributed by atoms with Gasteiger partial charge in [0.05, 0.1) is 0 Å². The molecule has 0 aliphatic carbocycles. The molecule has 0 unspecified atom stereocenters. The fraction of sp³-hybridized carbons (Fsp3) is 0.105. The van der Waals surface area contributed by atoms with E-state index < -0.39 is 0 Å². The molecule has 0 radical (unpaired) electrons. The highest BCUT2D eigenvalue weighted by atomic mass is 32.1. The number of phenols is 1. The highest BCUT2D eigenvalue weighted by Gasteiger charge is 2.07. The van der Waals surface area contributed by atoms with Crippen LogP contribution in [0.3, 0.4) is 0 Å². The third kappa shape index (κ3) is 3.27. The molecular formula is C19H18N2OS. The number of hydrogen-bond donors (Lipinski definition) is 3. The molecule has 0 amide bonds. The number of anilines is 2. The van der Waals surface area contributed by atoms with Gasteiger partial charge in [-0.2, -0.15) is 0 Å². The SMILES string of the molecule is Cc1ccc(C)c(NC(=S)Nc2cccc3c(O)cccc23)c1. The zero-order chi connectivity index (χ0) is 16.4. The molecule has 3 rings (SSSR count). The Morgan fingerprint density at radius 1 is 0.870 bits per heavy atom. The first kappa shape index (κ1) is 15.3. The number of hydrogen-bond acceptors (Lipinski definition) is 2. The monoisotopic (exact) mass is 322 g/mol. The first-order valence-corrected chi connectivity index (χ1v) is 7.81. The quantitative estimate of drug-likeness (QED) is 0.583. The van der Waals surface area contributed by atoms with E-state index in [1.807, 2.05) is 37.3 Å². The van der Waals surface area contributed by atoms with Gasteiger partial charge < -0.3 is 15.7 Å². The van der Waals surface area contributed by atoms with Crippen LogP contribution in [0, 0.1) is 13.8 Å². The van der Waals surface area contributed by atoms with Gasteiger partial charge in [-0.05, 0) is 55.4 Å². The van der Waals surface area contributed by atoms with Crippen LogP contribution in [0.4, 0.5) is 11.4 Å². The average Bonchev–Trinajstić information content (AvgIpc) is 2.52. The number of aromatic hydroxyl groups is 1. The Bertz CT molecular complexity index is 890. The molecule has 0 spiro atoms. The van der Waals surface area contributed by atoms with Crippen LogP contribution in [0.15, 0.2) is 54.6 Å². The molecule has 0 fully saturated rings. The van der Waals surface area contributed by atoms with Crippen molar-refractivity contribution in [1.29, 1.82) is 0 Å². The predicted octanol–water partition coefficient (Wildman–Crippen LogP) is 4.97. The number of rotatable bonds is 2. The van der Waals surface area contributed by atoms with Gasteiger partial charge in [-0.1, -0.05) is 36.4 Å². The molecule has 116 valence electrons. The summed E-state index contributed by atoms with van der Waals surface area (Å²) in [5, 5.41) is 18.7. The van der Waals surface area contributed by atoms with Crippen molar-refractivity contribution in [3.8, 4) is 5.75 Å². The zero-order valence-electron chi connectivity index (χ0n) is 13.1. The molecule has 0 bridgehead atoms. The van der Waals surface area contributed by atoms with Crippen LogP contribution >= 0.6 is 12.2 Å². The van der Waals surface area contributed by atoms with Crippen molar-refractivity contribution in [2.75, 3.05) is 10.6 Å². The summed E-state index contributed by atoms with van der Waals surface area (Å²) in [7, 11) is 0. The van der Waals surface area contributed by atoms with E-state index in [4.69, 9.17) is 12.2 Å². The van der Waals surface area contributed by atoms with E-state index in [9.17, 15) is 5.11 Å². The molecule has 3 aromatic rings. The molecular weight excluding hydrogens is 304 g/mol. The first-order valence-electron chi connectivity index (χ1n) is 7.40. The molecule has 3 aromatic carbocycles. The summed E-state index contributed by atoms with van der Waals surface area (Å²) >= 11 is 5.43. The second kappa shape index (κ2) is 6.26. The molecule has 0 saturated carbocycles. The lowest BCUT2D eigenvalue weighted by molar-refractivity contribution is 0.481. The largest absolute Gasteiger partial charge is 0.507 e. The van der Waals surface area contributed by atoms with Crippen LogP contribution < -0.4 is 10.6 Å². The second-order valence-electron chi connectivity index (χ2n) is 5.58. The molecule has 3 nitrogen and oxygen atoms in total. The highest BCUT2D eigenvalue weighted by molar-refractivity contribution is 7.80. The van der Waals surface area contributed by atoms with Crippen LogP contribution in [0.1, 0.15) is 11.1 Å². The summed E-state index contributed by atoms with van der Waals surface area (Å²) in [5.41, 5.74) is 4.16. The number of thiocarbonyl (C=S) groups is 1. The Morgan fingerprint density at radius 2 is 1.57 bits per heavy atom. The summed E-state index contributed by atoms with van der Waals surface area (Å²) in [6.07, 6.45) is 0. The van der Waals surface area contributed by atoms with Gasteiger partial charge >= 0.3 is 0 Å². The summed E-state index contributed by atoms with van der Waals surface area (Å²) in [4.78, 5) is 0. The molecule has 23 heavy (non-hydrogen) atoms. The van der Waals surface area contributed by atoms with Crippen molar-refractivity contribution in [2.24, 2.45) is 0 Å². The summed E-state index contributed by atoms with van der Waals surface area (Å²) < 4.78 is 0. The van der Waals surface area contributed by atoms with Crippen molar-refractivity contribution < 1.29 is 5.11 Å². The van der Waals surface area contributed by atoms with Gasteiger partial charge in [0.1, 0.15) is 5.75 Å². The van der Waals surface area contributed by atoms with E-state index in [2.05, 4.69) is 35.8 Å². The van der Waals surface area contributed by atoms with Crippen molar-refractivity contribution in [3.63, 3.8) is 0 Å². The molecule has 0 aliphatic heterocycles. The van der Waals surface area contributed by atoms with Crippen molar-refractivity contribution in [3.05, 3.63) is 65.7 Å². The minimum absolute atomic E-state index is 0.263. The van der Waals surface area contributed by atoms with Gasteiger partial charge in [0.2, 0.25) is 0 Å². The fourth-order valence-corrected chi connectivity index (χ4v) is 2.77. The van der Waals surface area contributed by atoms with Gasteiger partial charge in [0.15, 0.2) is 5.11 Å². The van der Waals surface area contributed by atoms with E-state index in [0.29, 0.717) is 5.11 Å². The normalized spacial score (nSPS) is 10.5. The lowest BCUT2D eigenvalue weighted by Gasteiger charge is -2.15. The van der Waals surface area contributed by atoms with Gasteiger partial charge in [-0.3, -0.25) is 0 Å². The lowest BCUT2D eigenvalue weighted by Crippen LogP contribution is -2.19. The summed E-state index contributed by atoms with van der Waals surface area (Å²) in [6, 6.07) is 17.4. The second-order valence-corrected chi connectivity index (χ2v) is 5.98. The lowest BCUT2D eigenvalue weighted by atomic mass is 10.1. The fourth-order valence-electron chi connectivity index (χ4n) is 2.55. The van der Waals surface area contributed by atoms with Crippen LogP contribution in [0.25, 0.3) is 10.8 Å². The van der Waals surface area contributed by atoms with Gasteiger partial charge in [0, 0.05) is 22.1 Å². The summed E-state index contributed by atoms with van der Waals surface area (Å²) in [6.45, 7) is 4.09. The van der Waals surface area contributed by atoms with Crippen molar-refractivity contribution in [2.45, 2.75) is 13.8 Å². The number of fused-ring (bicyclic) bond motifs is 1. The first-order chi connectivity index (χ1) is 11.0. The van der Waals surface area contributed by atoms with Crippen LogP contribution in [0.2, 0.25) is 0 Å². The van der Waals surface area contributed by atoms with Crippen LogP contribution in [-0.4, -0.2) is 10.2 Å². The van der Waals surface area contributed by atoms with E-state index in [-0.39, 0.29) is 5.75 Å². The van der Waals surface area contributed by atoms with Gasteiger partial charge in [-0.15, -0.1) is 0 Å². The van der Waals surface area contributed by atoms with Crippen molar-refractivity contribution >= 4 is 39.5 Å². The van der Waals surface area contributed by atoms with Gasteiger partial charge in [-0.25, -0.2) is 0 Å². The van der Waals surface area contributed by atoms with Crippen molar-refractivity contribution in [1.82, 2.24) is 0 Å². The molecule has 0 aromatic heterocycles. The van der Waals surface area contributed by atoms with E-state index in [1.54, 1.807) is 6.07 Å². The zero-order valence-corrected chi connectivity index (χ0v) is 13.9. The Morgan fingerprint density at radius 3 is 2.39 bits per heavy atom. The number of phenolic OH excluding ortho intramolecular Hbond substituents is 1. The standard InChI is InChI=1S/C19H18N2OS/c1-12-9-10-13(2)17(11-12)21-19(23)20-16-7-3-6-15-14(16)5-4-8-18(15)22/h3-11,22H,1-2H3,(H2,20,21,23). The number of nitrogens with one attached hydrogen (secondary N) is 2. The third-order valence-electron chi connectivity index (χ3n) is 3.79. The third-order valence-corrected chi connectivity index (χ3v) is 3.99. The maximum absolute atomic E-state index is 9.96. The minimum atomic E-state index is 0.263. The maximum Gasteiger partial charge on any atom is 0.175 e. The number of benzene rings is 3. The van der Waals surface area contributed by atoms with Gasteiger partial charge in [0.25, 0.3) is 0 Å². The molecule has 0 heterocycles. The molecule has 4 heteroatoms. The average molecular weight is 322 g/mol. The highest BCUT2D eigenvalue weighted by Crippen LogP contribution is 2.30. The van der Waals surface area contributed by atoms with Crippen LogP contribution in [-0.2, 0) is 0 Å². The maximum atomic E-state index is 9.96.